The summed E-state index contributed by atoms with van der Waals surface area (Å²) in [5, 5.41) is 15.7. The molecule has 1 unspecified atom stereocenters. The lowest BCUT2D eigenvalue weighted by molar-refractivity contribution is -0.135. The van der Waals surface area contributed by atoms with Gasteiger partial charge >= 0.3 is 6.03 Å². The Morgan fingerprint density at radius 3 is 2.80 bits per heavy atom. The van der Waals surface area contributed by atoms with E-state index in [1.165, 1.54) is 0 Å². The molecule has 2 fully saturated rings. The smallest absolute Gasteiger partial charge is 0.325 e. The molecular formula is C13H23N3O4. The third-order valence-electron chi connectivity index (χ3n) is 3.79. The summed E-state index contributed by atoms with van der Waals surface area (Å²) in [6.07, 6.45) is 1.22. The molecule has 0 aromatic carbocycles. The van der Waals surface area contributed by atoms with Crippen LogP contribution in [0.4, 0.5) is 4.79 Å². The van der Waals surface area contributed by atoms with Crippen LogP contribution in [-0.4, -0.2) is 66.4 Å². The number of hydrogen-bond donors (Lipinski definition) is 3. The summed E-state index contributed by atoms with van der Waals surface area (Å²) >= 11 is 0. The van der Waals surface area contributed by atoms with Gasteiger partial charge in [0.05, 0.1) is 12.6 Å². The summed E-state index contributed by atoms with van der Waals surface area (Å²) in [7, 11) is 0. The molecular weight excluding hydrogens is 262 g/mol. The summed E-state index contributed by atoms with van der Waals surface area (Å²) in [6, 6.07) is -0.411. The predicted octanol–water partition coefficient (Wildman–Crippen LogP) is -0.552. The summed E-state index contributed by atoms with van der Waals surface area (Å²) in [5.74, 6) is -0.236. The van der Waals surface area contributed by atoms with Crippen molar-refractivity contribution in [2.75, 3.05) is 32.8 Å². The quantitative estimate of drug-likeness (QED) is 0.450. The molecule has 2 aliphatic heterocycles. The van der Waals surface area contributed by atoms with Gasteiger partial charge in [0.25, 0.3) is 5.91 Å². The fourth-order valence-corrected chi connectivity index (χ4v) is 2.62. The van der Waals surface area contributed by atoms with Crippen LogP contribution in [0.2, 0.25) is 0 Å². The fourth-order valence-electron chi connectivity index (χ4n) is 2.62. The zero-order chi connectivity index (χ0) is 14.6. The first-order valence-corrected chi connectivity index (χ1v) is 7.20. The van der Waals surface area contributed by atoms with E-state index in [4.69, 9.17) is 4.74 Å². The average molecular weight is 285 g/mol. The lowest BCUT2D eigenvalue weighted by atomic mass is 9.90. The van der Waals surface area contributed by atoms with Crippen LogP contribution in [0.1, 0.15) is 26.2 Å². The van der Waals surface area contributed by atoms with Gasteiger partial charge in [0.1, 0.15) is 5.54 Å². The lowest BCUT2D eigenvalue weighted by Crippen LogP contribution is -2.51. The second-order valence-corrected chi connectivity index (χ2v) is 5.40. The highest BCUT2D eigenvalue weighted by molar-refractivity contribution is 6.07. The molecule has 0 bridgehead atoms. The van der Waals surface area contributed by atoms with Crippen LogP contribution in [-0.2, 0) is 9.53 Å². The van der Waals surface area contributed by atoms with Gasteiger partial charge in [-0.3, -0.25) is 9.69 Å². The highest BCUT2D eigenvalue weighted by atomic mass is 16.5. The van der Waals surface area contributed by atoms with Gasteiger partial charge in [-0.2, -0.15) is 0 Å². The van der Waals surface area contributed by atoms with Crippen LogP contribution in [0.3, 0.4) is 0 Å². The molecule has 1 atom stereocenters. The first-order chi connectivity index (χ1) is 9.59. The van der Waals surface area contributed by atoms with Crippen LogP contribution in [0, 0.1) is 0 Å². The Morgan fingerprint density at radius 1 is 1.45 bits per heavy atom. The minimum Gasteiger partial charge on any atom is -0.390 e. The number of carbonyl (C=O) groups excluding carboxylic acids is 2. The van der Waals surface area contributed by atoms with Gasteiger partial charge in [-0.15, -0.1) is 0 Å². The van der Waals surface area contributed by atoms with E-state index in [2.05, 4.69) is 10.6 Å². The Morgan fingerprint density at radius 2 is 2.15 bits per heavy atom. The molecule has 20 heavy (non-hydrogen) atoms. The highest BCUT2D eigenvalue weighted by Gasteiger charge is 2.51. The normalized spacial score (nSPS) is 23.2. The van der Waals surface area contributed by atoms with Crippen molar-refractivity contribution in [3.63, 3.8) is 0 Å². The maximum Gasteiger partial charge on any atom is 0.325 e. The Labute approximate surface area is 118 Å². The van der Waals surface area contributed by atoms with E-state index in [1.54, 1.807) is 0 Å². The Bertz CT molecular complexity index is 369. The van der Waals surface area contributed by atoms with Gasteiger partial charge in [0.15, 0.2) is 0 Å². The topological polar surface area (TPSA) is 90.9 Å². The molecule has 2 saturated heterocycles. The van der Waals surface area contributed by atoms with Crippen molar-refractivity contribution >= 4 is 11.9 Å². The Kier molecular flexibility index (Phi) is 4.95. The van der Waals surface area contributed by atoms with Gasteiger partial charge < -0.3 is 20.5 Å². The molecule has 7 heteroatoms. The molecule has 0 saturated carbocycles. The number of imide groups is 1. The van der Waals surface area contributed by atoms with Crippen molar-refractivity contribution in [1.82, 2.24) is 15.5 Å². The zero-order valence-electron chi connectivity index (χ0n) is 11.9. The number of β-amino-alcohol motifs (C(OH)–C–C–N with tert-alkyl or cyclic N) is 1. The van der Waals surface area contributed by atoms with Crippen LogP contribution >= 0.6 is 0 Å². The number of amides is 3. The number of urea groups is 1. The molecule has 2 aliphatic rings. The maximum atomic E-state index is 12.4. The van der Waals surface area contributed by atoms with Crippen molar-refractivity contribution in [3.05, 3.63) is 0 Å². The number of ether oxygens (including phenoxy) is 1. The molecule has 2 heterocycles. The average Bonchev–Trinajstić information content (AvgIpc) is 2.65. The summed E-state index contributed by atoms with van der Waals surface area (Å²) in [5.41, 5.74) is -0.814. The van der Waals surface area contributed by atoms with E-state index < -0.39 is 17.7 Å². The van der Waals surface area contributed by atoms with Gasteiger partial charge in [-0.1, -0.05) is 6.92 Å². The van der Waals surface area contributed by atoms with E-state index in [9.17, 15) is 14.7 Å². The number of aliphatic hydroxyl groups is 1. The van der Waals surface area contributed by atoms with E-state index in [0.29, 0.717) is 32.6 Å². The standard InChI is InChI=1S/C13H23N3O4/c1-2-5-14-8-10(17)9-16-11(18)13(15-12(16)19)3-6-20-7-4-13/h10,14,17H,2-9H2,1H3,(H,15,19). The summed E-state index contributed by atoms with van der Waals surface area (Å²) < 4.78 is 5.24. The minimum absolute atomic E-state index is 0.0317. The molecule has 0 aromatic heterocycles. The third kappa shape index (κ3) is 3.11. The molecule has 114 valence electrons. The number of carbonyl (C=O) groups is 2. The third-order valence-corrected chi connectivity index (χ3v) is 3.79. The van der Waals surface area contributed by atoms with Crippen LogP contribution in [0.25, 0.3) is 0 Å². The van der Waals surface area contributed by atoms with Crippen molar-refractivity contribution in [2.45, 2.75) is 37.8 Å². The van der Waals surface area contributed by atoms with E-state index >= 15 is 0 Å². The molecule has 7 nitrogen and oxygen atoms in total. The zero-order valence-corrected chi connectivity index (χ0v) is 11.9. The second-order valence-electron chi connectivity index (χ2n) is 5.40. The molecule has 0 radical (unpaired) electrons. The molecule has 0 aromatic rings. The summed E-state index contributed by atoms with van der Waals surface area (Å²) in [6.45, 7) is 4.19. The number of hydrogen-bond acceptors (Lipinski definition) is 5. The molecule has 2 rings (SSSR count). The maximum absolute atomic E-state index is 12.4. The summed E-state index contributed by atoms with van der Waals surface area (Å²) in [4.78, 5) is 25.5. The fraction of sp³-hybridized carbons (Fsp3) is 0.846. The molecule has 1 spiro atoms. The largest absolute Gasteiger partial charge is 0.390 e. The monoisotopic (exact) mass is 285 g/mol. The molecule has 3 amide bonds. The van der Waals surface area contributed by atoms with Crippen LogP contribution in [0.5, 0.6) is 0 Å². The minimum atomic E-state index is -0.814. The highest BCUT2D eigenvalue weighted by Crippen LogP contribution is 2.28. The SMILES string of the molecule is CCCNCC(O)CN1C(=O)NC2(CCOCC2)C1=O. The molecule has 3 N–H and O–H groups in total. The number of aliphatic hydroxyl groups excluding tert-OH is 1. The van der Waals surface area contributed by atoms with E-state index in [0.717, 1.165) is 17.9 Å². The van der Waals surface area contributed by atoms with Crippen molar-refractivity contribution < 1.29 is 19.4 Å². The van der Waals surface area contributed by atoms with E-state index in [1.807, 2.05) is 6.92 Å². The first kappa shape index (κ1) is 15.2. The predicted molar refractivity (Wildman–Crippen MR) is 72.2 cm³/mol. The van der Waals surface area contributed by atoms with Crippen molar-refractivity contribution in [1.29, 1.82) is 0 Å². The number of nitrogens with one attached hydrogen (secondary N) is 2. The second kappa shape index (κ2) is 6.51. The van der Waals surface area contributed by atoms with Crippen molar-refractivity contribution in [3.8, 4) is 0 Å². The Balaban J connectivity index is 1.91. The van der Waals surface area contributed by atoms with Gasteiger partial charge in [0, 0.05) is 32.6 Å². The van der Waals surface area contributed by atoms with E-state index in [-0.39, 0.29) is 12.5 Å². The first-order valence-electron chi connectivity index (χ1n) is 7.20. The number of nitrogens with zero attached hydrogens (tertiary/aromatic N) is 1. The lowest BCUT2D eigenvalue weighted by Gasteiger charge is -2.30. The van der Waals surface area contributed by atoms with Gasteiger partial charge in [-0.25, -0.2) is 4.79 Å². The van der Waals surface area contributed by atoms with Gasteiger partial charge in [-0.05, 0) is 13.0 Å². The van der Waals surface area contributed by atoms with Crippen LogP contribution in [0.15, 0.2) is 0 Å². The van der Waals surface area contributed by atoms with Crippen molar-refractivity contribution in [2.24, 2.45) is 0 Å². The molecule has 0 aliphatic carbocycles. The van der Waals surface area contributed by atoms with Gasteiger partial charge in [0.2, 0.25) is 0 Å². The van der Waals surface area contributed by atoms with Crippen LogP contribution < -0.4 is 10.6 Å². The Hall–Kier alpha value is -1.18. The number of rotatable bonds is 6.